The van der Waals surface area contributed by atoms with Crippen LogP contribution in [0.5, 0.6) is 0 Å². The van der Waals surface area contributed by atoms with Gasteiger partial charge in [0.25, 0.3) is 21.5 Å². The highest BCUT2D eigenvalue weighted by Crippen LogP contribution is 2.40. The van der Waals surface area contributed by atoms with Crippen LogP contribution in [0.3, 0.4) is 0 Å². The monoisotopic (exact) mass is 578 g/mol. The lowest BCUT2D eigenvalue weighted by Gasteiger charge is -2.17. The number of sulfone groups is 2. The van der Waals surface area contributed by atoms with Crippen LogP contribution in [0.4, 0.5) is 11.4 Å². The van der Waals surface area contributed by atoms with E-state index >= 15 is 0 Å². The highest BCUT2D eigenvalue weighted by molar-refractivity contribution is 7.95. The molecular weight excluding hydrogens is 564 g/mol. The van der Waals surface area contributed by atoms with E-state index in [0.717, 1.165) is 60.7 Å². The van der Waals surface area contributed by atoms with Crippen molar-refractivity contribution in [3.05, 3.63) is 99.1 Å². The van der Waals surface area contributed by atoms with Gasteiger partial charge in [0.05, 0.1) is 24.5 Å². The number of benzene rings is 4. The first-order valence-corrected chi connectivity index (χ1v) is 14.6. The van der Waals surface area contributed by atoms with E-state index in [1.807, 2.05) is 0 Å². The van der Waals surface area contributed by atoms with Crippen molar-refractivity contribution in [1.29, 1.82) is 0 Å². The molecule has 0 saturated heterocycles. The Morgan fingerprint density at radius 2 is 1.05 bits per heavy atom. The summed E-state index contributed by atoms with van der Waals surface area (Å²) in [6, 6.07) is 12.8. The summed E-state index contributed by atoms with van der Waals surface area (Å²) >= 11 is 0. The van der Waals surface area contributed by atoms with Gasteiger partial charge in [0, 0.05) is 29.7 Å². The molecule has 0 saturated carbocycles. The summed E-state index contributed by atoms with van der Waals surface area (Å²) < 4.78 is 90.1. The van der Waals surface area contributed by atoms with Gasteiger partial charge in [0.15, 0.2) is 0 Å². The molecule has 0 bridgehead atoms. The van der Waals surface area contributed by atoms with Gasteiger partial charge >= 0.3 is 0 Å². The van der Waals surface area contributed by atoms with Crippen LogP contribution in [0.15, 0.2) is 103 Å². The number of non-ortho nitro benzene ring substituents is 2. The summed E-state index contributed by atoms with van der Waals surface area (Å²) in [4.78, 5) is 15.6. The molecular formula is C22H14N2O11S3. The smallest absolute Gasteiger partial charge is 0.282 e. The molecule has 0 aromatic heterocycles. The molecule has 0 aliphatic heterocycles. The maximum absolute atomic E-state index is 13.8. The molecule has 4 rings (SSSR count). The van der Waals surface area contributed by atoms with E-state index in [1.165, 1.54) is 18.2 Å². The van der Waals surface area contributed by atoms with Crippen LogP contribution in [0.1, 0.15) is 0 Å². The Balaban J connectivity index is 2.15. The van der Waals surface area contributed by atoms with Crippen molar-refractivity contribution in [2.24, 2.45) is 0 Å². The second-order valence-electron chi connectivity index (χ2n) is 7.74. The average Bonchev–Trinajstić information content (AvgIpc) is 2.87. The number of hydrogen-bond acceptors (Lipinski definition) is 10. The Morgan fingerprint density at radius 3 is 1.50 bits per heavy atom. The molecule has 4 aromatic carbocycles. The van der Waals surface area contributed by atoms with Gasteiger partial charge in [0.1, 0.15) is 9.79 Å². The topological polar surface area (TPSA) is 209 Å². The van der Waals surface area contributed by atoms with Crippen molar-refractivity contribution in [2.45, 2.75) is 24.5 Å². The molecule has 1 N–H and O–H groups in total. The second kappa shape index (κ2) is 9.25. The van der Waals surface area contributed by atoms with Crippen molar-refractivity contribution < 1.29 is 39.7 Å². The van der Waals surface area contributed by atoms with Crippen molar-refractivity contribution in [1.82, 2.24) is 0 Å². The quantitative estimate of drug-likeness (QED) is 0.190. The van der Waals surface area contributed by atoms with Crippen molar-refractivity contribution >= 4 is 51.9 Å². The van der Waals surface area contributed by atoms with E-state index in [0.29, 0.717) is 0 Å². The molecule has 0 amide bonds. The molecule has 38 heavy (non-hydrogen) atoms. The van der Waals surface area contributed by atoms with Gasteiger partial charge in [-0.25, -0.2) is 16.8 Å². The van der Waals surface area contributed by atoms with Crippen LogP contribution < -0.4 is 0 Å². The molecule has 0 spiro atoms. The third-order valence-electron chi connectivity index (χ3n) is 5.45. The zero-order chi connectivity index (χ0) is 28.0. The molecule has 4 aromatic rings. The van der Waals surface area contributed by atoms with Crippen molar-refractivity contribution in [2.75, 3.05) is 0 Å². The fourth-order valence-corrected chi connectivity index (χ4v) is 8.68. The number of rotatable bonds is 7. The first-order chi connectivity index (χ1) is 17.7. The first kappa shape index (κ1) is 26.8. The van der Waals surface area contributed by atoms with Gasteiger partial charge in [-0.05, 0) is 35.7 Å². The first-order valence-electron chi connectivity index (χ1n) is 10.2. The fraction of sp³-hybridized carbons (Fsp3) is 0. The Kier molecular flexibility index (Phi) is 6.52. The van der Waals surface area contributed by atoms with Crippen LogP contribution in [-0.4, -0.2) is 39.7 Å². The Hall–Kier alpha value is -4.25. The normalized spacial score (nSPS) is 12.3. The van der Waals surface area contributed by atoms with Crippen LogP contribution in [0.2, 0.25) is 0 Å². The predicted octanol–water partition coefficient (Wildman–Crippen LogP) is 3.57. The highest BCUT2D eigenvalue weighted by atomic mass is 32.2. The minimum Gasteiger partial charge on any atom is -0.282 e. The molecule has 0 unspecified atom stereocenters. The van der Waals surface area contributed by atoms with Crippen LogP contribution in [0, 0.1) is 20.2 Å². The van der Waals surface area contributed by atoms with Crippen LogP contribution >= 0.6 is 0 Å². The fourth-order valence-electron chi connectivity index (χ4n) is 3.72. The van der Waals surface area contributed by atoms with Gasteiger partial charge in [0.2, 0.25) is 19.7 Å². The van der Waals surface area contributed by atoms with Crippen molar-refractivity contribution in [3.8, 4) is 0 Å². The van der Waals surface area contributed by atoms with Gasteiger partial charge in [-0.15, -0.1) is 0 Å². The third kappa shape index (κ3) is 4.60. The lowest BCUT2D eigenvalue weighted by Crippen LogP contribution is -2.16. The SMILES string of the molecule is O=[N+]([O-])c1ccc(S(=O)(=O)c2cc3ccccc3c(S(=O)(=O)O)c2S(=O)(=O)c2ccc([N+](=O)[O-])cc2)cc1. The number of fused-ring (bicyclic) bond motifs is 1. The van der Waals surface area contributed by atoms with Gasteiger partial charge in [-0.3, -0.25) is 24.8 Å². The number of hydrogen-bond donors (Lipinski definition) is 1. The molecule has 0 heterocycles. The van der Waals surface area contributed by atoms with E-state index in [2.05, 4.69) is 0 Å². The molecule has 13 nitrogen and oxygen atoms in total. The van der Waals surface area contributed by atoms with Gasteiger partial charge in [-0.1, -0.05) is 24.3 Å². The minimum atomic E-state index is -5.40. The van der Waals surface area contributed by atoms with E-state index in [-0.39, 0.29) is 10.8 Å². The maximum Gasteiger partial charge on any atom is 0.296 e. The third-order valence-corrected chi connectivity index (χ3v) is 10.3. The predicted molar refractivity (Wildman–Crippen MR) is 131 cm³/mol. The maximum atomic E-state index is 13.8. The molecule has 0 atom stereocenters. The average molecular weight is 579 g/mol. The summed E-state index contributed by atoms with van der Waals surface area (Å²) in [6.07, 6.45) is 0. The summed E-state index contributed by atoms with van der Waals surface area (Å²) in [5, 5.41) is 21.6. The number of nitro groups is 2. The van der Waals surface area contributed by atoms with Crippen molar-refractivity contribution in [3.63, 3.8) is 0 Å². The summed E-state index contributed by atoms with van der Waals surface area (Å²) in [5.74, 6) is 0. The Bertz CT molecular complexity index is 1950. The van der Waals surface area contributed by atoms with Gasteiger partial charge in [-0.2, -0.15) is 8.42 Å². The van der Waals surface area contributed by atoms with E-state index < -0.39 is 75.5 Å². The molecule has 0 aliphatic rings. The molecule has 0 aliphatic carbocycles. The molecule has 16 heteroatoms. The largest absolute Gasteiger partial charge is 0.296 e. The number of nitro benzene ring substituents is 2. The Labute approximate surface area is 214 Å². The van der Waals surface area contributed by atoms with Crippen LogP contribution in [0.25, 0.3) is 10.8 Å². The number of nitrogens with zero attached hydrogens (tertiary/aromatic N) is 2. The standard InChI is InChI=1S/C22H14N2O11S3/c25-23(26)15-5-9-17(10-6-15)36(29,30)20-13-14-3-1-2-4-19(14)21(38(33,34)35)22(20)37(31,32)18-11-7-16(8-12-18)24(27)28/h1-13H,(H,33,34,35). The second-order valence-corrected chi connectivity index (χ2v) is 12.9. The molecule has 196 valence electrons. The van der Waals surface area contributed by atoms with E-state index in [9.17, 15) is 50.0 Å². The summed E-state index contributed by atoms with van der Waals surface area (Å²) in [6.45, 7) is 0. The van der Waals surface area contributed by atoms with E-state index in [4.69, 9.17) is 0 Å². The summed E-state index contributed by atoms with van der Waals surface area (Å²) in [7, 11) is -15.4. The Morgan fingerprint density at radius 1 is 0.605 bits per heavy atom. The minimum absolute atomic E-state index is 0.0525. The zero-order valence-corrected chi connectivity index (χ0v) is 21.1. The lowest BCUT2D eigenvalue weighted by atomic mass is 10.1. The van der Waals surface area contributed by atoms with Gasteiger partial charge < -0.3 is 0 Å². The molecule has 0 fully saturated rings. The van der Waals surface area contributed by atoms with Crippen LogP contribution in [-0.2, 0) is 29.8 Å². The molecule has 0 radical (unpaired) electrons. The summed E-state index contributed by atoms with van der Waals surface area (Å²) in [5.41, 5.74) is -0.948. The highest BCUT2D eigenvalue weighted by Gasteiger charge is 2.37. The zero-order valence-electron chi connectivity index (χ0n) is 18.7. The lowest BCUT2D eigenvalue weighted by molar-refractivity contribution is -0.385. The van der Waals surface area contributed by atoms with E-state index in [1.54, 1.807) is 0 Å².